The quantitative estimate of drug-likeness (QED) is 0.683. The molecule has 5 rings (SSSR count). The van der Waals surface area contributed by atoms with Crippen LogP contribution in [0.2, 0.25) is 0 Å². The van der Waals surface area contributed by atoms with Crippen molar-refractivity contribution in [1.82, 2.24) is 10.1 Å². The van der Waals surface area contributed by atoms with Crippen LogP contribution in [0.15, 0.2) is 53.1 Å². The van der Waals surface area contributed by atoms with Gasteiger partial charge in [-0.15, -0.1) is 0 Å². The molecule has 2 aromatic carbocycles. The van der Waals surface area contributed by atoms with Crippen molar-refractivity contribution >= 4 is 11.6 Å². The molecule has 0 saturated heterocycles. The second-order valence-electron chi connectivity index (χ2n) is 8.21. The maximum absolute atomic E-state index is 13.2. The molecule has 6 heteroatoms. The Hall–Kier alpha value is -3.02. The highest BCUT2D eigenvalue weighted by atomic mass is 19.1. The van der Waals surface area contributed by atoms with Crippen LogP contribution in [-0.2, 0) is 4.79 Å². The molecule has 0 spiro atoms. The second kappa shape index (κ2) is 7.10. The van der Waals surface area contributed by atoms with Crippen LogP contribution in [0.3, 0.4) is 0 Å². The minimum Gasteiger partial charge on any atom is -0.339 e. The average molecular weight is 391 g/mol. The molecule has 1 N–H and O–H groups in total. The SMILES string of the molecule is Cc1cccc(NC(=O)[C@H]2[C@H]3CC[C@H](C3)[C@@H]2c2nc(-c3ccc(F)cc3)no2)c1. The van der Waals surface area contributed by atoms with Gasteiger partial charge in [0.1, 0.15) is 5.82 Å². The predicted octanol–water partition coefficient (Wildman–Crippen LogP) is 4.95. The maximum Gasteiger partial charge on any atom is 0.231 e. The topological polar surface area (TPSA) is 68.0 Å². The van der Waals surface area contributed by atoms with E-state index in [1.807, 2.05) is 31.2 Å². The lowest BCUT2D eigenvalue weighted by Crippen LogP contribution is -2.33. The summed E-state index contributed by atoms with van der Waals surface area (Å²) < 4.78 is 18.8. The molecule has 148 valence electrons. The van der Waals surface area contributed by atoms with Crippen LogP contribution < -0.4 is 5.32 Å². The molecule has 1 aromatic heterocycles. The molecule has 5 nitrogen and oxygen atoms in total. The first kappa shape index (κ1) is 18.0. The van der Waals surface area contributed by atoms with Gasteiger partial charge in [-0.05, 0) is 80.0 Å². The summed E-state index contributed by atoms with van der Waals surface area (Å²) in [5, 5.41) is 7.18. The summed E-state index contributed by atoms with van der Waals surface area (Å²) in [6.07, 6.45) is 3.16. The van der Waals surface area contributed by atoms with Gasteiger partial charge in [0, 0.05) is 11.3 Å². The number of hydrogen-bond donors (Lipinski definition) is 1. The summed E-state index contributed by atoms with van der Waals surface area (Å²) >= 11 is 0. The number of nitrogens with one attached hydrogen (secondary N) is 1. The average Bonchev–Trinajstić information content (AvgIpc) is 3.44. The molecule has 2 saturated carbocycles. The largest absolute Gasteiger partial charge is 0.339 e. The molecule has 2 aliphatic carbocycles. The Bertz CT molecular complexity index is 1050. The van der Waals surface area contributed by atoms with Crippen LogP contribution >= 0.6 is 0 Å². The molecule has 2 bridgehead atoms. The van der Waals surface area contributed by atoms with Gasteiger partial charge in [0.15, 0.2) is 0 Å². The third-order valence-corrected chi connectivity index (χ3v) is 6.33. The van der Waals surface area contributed by atoms with Gasteiger partial charge in [-0.3, -0.25) is 4.79 Å². The van der Waals surface area contributed by atoms with Crippen molar-refractivity contribution in [2.75, 3.05) is 5.32 Å². The molecule has 3 aromatic rings. The lowest BCUT2D eigenvalue weighted by Gasteiger charge is -2.27. The first-order valence-electron chi connectivity index (χ1n) is 10.1. The van der Waals surface area contributed by atoms with Crippen molar-refractivity contribution in [1.29, 1.82) is 0 Å². The number of benzene rings is 2. The number of aromatic nitrogens is 2. The van der Waals surface area contributed by atoms with E-state index >= 15 is 0 Å². The Kier molecular flexibility index (Phi) is 4.42. The third kappa shape index (κ3) is 3.33. The van der Waals surface area contributed by atoms with E-state index in [1.165, 1.54) is 12.1 Å². The van der Waals surface area contributed by atoms with E-state index in [9.17, 15) is 9.18 Å². The van der Waals surface area contributed by atoms with Crippen LogP contribution in [0.5, 0.6) is 0 Å². The first-order chi connectivity index (χ1) is 14.1. The van der Waals surface area contributed by atoms with Crippen molar-refractivity contribution in [3.8, 4) is 11.4 Å². The number of carbonyl (C=O) groups excluding carboxylic acids is 1. The van der Waals surface area contributed by atoms with E-state index in [-0.39, 0.29) is 23.6 Å². The molecule has 2 aliphatic rings. The van der Waals surface area contributed by atoms with E-state index < -0.39 is 0 Å². The molecule has 1 amide bonds. The summed E-state index contributed by atoms with van der Waals surface area (Å²) in [5.74, 6) is 1.15. The molecule has 2 fully saturated rings. The first-order valence-corrected chi connectivity index (χ1v) is 10.1. The normalized spacial score (nSPS) is 25.3. The van der Waals surface area contributed by atoms with E-state index in [2.05, 4.69) is 15.5 Å². The summed E-state index contributed by atoms with van der Waals surface area (Å²) in [5.41, 5.74) is 2.62. The van der Waals surface area contributed by atoms with E-state index in [0.717, 1.165) is 30.5 Å². The molecule has 1 heterocycles. The van der Waals surface area contributed by atoms with Crippen LogP contribution in [0.4, 0.5) is 10.1 Å². The number of hydrogen-bond acceptors (Lipinski definition) is 4. The summed E-state index contributed by atoms with van der Waals surface area (Å²) in [4.78, 5) is 17.8. The van der Waals surface area contributed by atoms with Crippen molar-refractivity contribution in [3.63, 3.8) is 0 Å². The van der Waals surface area contributed by atoms with Gasteiger partial charge in [-0.1, -0.05) is 17.3 Å². The van der Waals surface area contributed by atoms with Gasteiger partial charge in [0.2, 0.25) is 17.6 Å². The Morgan fingerprint density at radius 2 is 1.93 bits per heavy atom. The Labute approximate surface area is 168 Å². The standard InChI is InChI=1S/C23H22FN3O2/c1-13-3-2-4-18(11-13)25-22(28)19-15-5-6-16(12-15)20(19)23-26-21(27-29-23)14-7-9-17(24)10-8-14/h2-4,7-11,15-16,19-20H,5-6,12H2,1H3,(H,25,28)/t15-,16+,19-,20-/m0/s1. The van der Waals surface area contributed by atoms with Crippen LogP contribution in [0, 0.1) is 30.5 Å². The zero-order valence-corrected chi connectivity index (χ0v) is 16.1. The number of anilines is 1. The minimum absolute atomic E-state index is 0.0225. The zero-order chi connectivity index (χ0) is 20.0. The third-order valence-electron chi connectivity index (χ3n) is 6.33. The highest BCUT2D eigenvalue weighted by molar-refractivity contribution is 5.93. The summed E-state index contributed by atoms with van der Waals surface area (Å²) in [7, 11) is 0. The predicted molar refractivity (Wildman–Crippen MR) is 107 cm³/mol. The summed E-state index contributed by atoms with van der Waals surface area (Å²) in [6, 6.07) is 13.8. The molecule has 0 radical (unpaired) electrons. The van der Waals surface area contributed by atoms with Crippen molar-refractivity contribution in [2.24, 2.45) is 17.8 Å². The van der Waals surface area contributed by atoms with Crippen LogP contribution in [0.25, 0.3) is 11.4 Å². The number of rotatable bonds is 4. The number of fused-ring (bicyclic) bond motifs is 2. The van der Waals surface area contributed by atoms with Gasteiger partial charge < -0.3 is 9.84 Å². The maximum atomic E-state index is 13.2. The van der Waals surface area contributed by atoms with Crippen molar-refractivity contribution in [3.05, 3.63) is 65.8 Å². The highest BCUT2D eigenvalue weighted by Gasteiger charge is 2.53. The van der Waals surface area contributed by atoms with Gasteiger partial charge in [-0.25, -0.2) is 4.39 Å². The van der Waals surface area contributed by atoms with Crippen molar-refractivity contribution < 1.29 is 13.7 Å². The number of aryl methyl sites for hydroxylation is 1. The highest BCUT2D eigenvalue weighted by Crippen LogP contribution is 2.56. The minimum atomic E-state index is -0.307. The number of carbonyl (C=O) groups is 1. The molecule has 29 heavy (non-hydrogen) atoms. The second-order valence-corrected chi connectivity index (χ2v) is 8.21. The Balaban J connectivity index is 1.41. The van der Waals surface area contributed by atoms with Gasteiger partial charge >= 0.3 is 0 Å². The Morgan fingerprint density at radius 3 is 2.72 bits per heavy atom. The van der Waals surface area contributed by atoms with Crippen LogP contribution in [-0.4, -0.2) is 16.0 Å². The van der Waals surface area contributed by atoms with E-state index in [4.69, 9.17) is 4.52 Å². The van der Waals surface area contributed by atoms with Crippen molar-refractivity contribution in [2.45, 2.75) is 32.1 Å². The lowest BCUT2D eigenvalue weighted by atomic mass is 9.78. The fourth-order valence-electron chi connectivity index (χ4n) is 5.06. The zero-order valence-electron chi connectivity index (χ0n) is 16.1. The molecule has 0 aliphatic heterocycles. The lowest BCUT2D eigenvalue weighted by molar-refractivity contribution is -0.122. The number of halogens is 1. The fourth-order valence-corrected chi connectivity index (χ4v) is 5.06. The van der Waals surface area contributed by atoms with Gasteiger partial charge in [0.25, 0.3) is 0 Å². The van der Waals surface area contributed by atoms with E-state index in [1.54, 1.807) is 12.1 Å². The number of amides is 1. The monoisotopic (exact) mass is 391 g/mol. The Morgan fingerprint density at radius 1 is 1.14 bits per heavy atom. The van der Waals surface area contributed by atoms with E-state index in [0.29, 0.717) is 29.1 Å². The molecular formula is C23H22FN3O2. The molecule has 0 unspecified atom stereocenters. The molecular weight excluding hydrogens is 369 g/mol. The fraction of sp³-hybridized carbons (Fsp3) is 0.348. The summed E-state index contributed by atoms with van der Waals surface area (Å²) in [6.45, 7) is 2.01. The molecule has 4 atom stereocenters. The smallest absolute Gasteiger partial charge is 0.231 e. The van der Waals surface area contributed by atoms with Gasteiger partial charge in [0.05, 0.1) is 11.8 Å². The number of nitrogens with zero attached hydrogens (tertiary/aromatic N) is 2. The van der Waals surface area contributed by atoms with Gasteiger partial charge in [-0.2, -0.15) is 4.98 Å². The van der Waals surface area contributed by atoms with Crippen LogP contribution in [0.1, 0.15) is 36.6 Å².